The van der Waals surface area contributed by atoms with Gasteiger partial charge in [0, 0.05) is 24.0 Å². The topological polar surface area (TPSA) is 25.4 Å². The lowest BCUT2D eigenvalue weighted by atomic mass is 10.2. The van der Waals surface area contributed by atoms with Crippen LogP contribution in [0.15, 0.2) is 28.1 Å². The average molecular weight is 339 g/mol. The fraction of sp³-hybridized carbons (Fsp3) is 0.357. The molecule has 2 heterocycles. The van der Waals surface area contributed by atoms with Gasteiger partial charge in [-0.15, -0.1) is 11.3 Å². The number of rotatable bonds is 3. The molecule has 0 aliphatic carbocycles. The van der Waals surface area contributed by atoms with Crippen LogP contribution in [0.25, 0.3) is 11.3 Å². The Morgan fingerprint density at radius 1 is 1.32 bits per heavy atom. The number of anilines is 1. The van der Waals surface area contributed by atoms with Crippen LogP contribution in [0.2, 0.25) is 0 Å². The van der Waals surface area contributed by atoms with Crippen molar-refractivity contribution in [1.29, 1.82) is 0 Å². The van der Waals surface area contributed by atoms with E-state index in [0.29, 0.717) is 0 Å². The second-order valence-corrected chi connectivity index (χ2v) is 6.25. The second kappa shape index (κ2) is 5.51. The minimum absolute atomic E-state index is 0.846. The van der Waals surface area contributed by atoms with Crippen molar-refractivity contribution in [1.82, 2.24) is 4.98 Å². The van der Waals surface area contributed by atoms with E-state index < -0.39 is 0 Å². The molecular weight excluding hydrogens is 324 g/mol. The van der Waals surface area contributed by atoms with Gasteiger partial charge in [-0.2, -0.15) is 0 Å². The number of hydrogen-bond donors (Lipinski definition) is 0. The van der Waals surface area contributed by atoms with E-state index >= 15 is 0 Å². The summed E-state index contributed by atoms with van der Waals surface area (Å²) >= 11 is 5.24. The van der Waals surface area contributed by atoms with Crippen molar-refractivity contribution in [3.05, 3.63) is 28.1 Å². The largest absolute Gasteiger partial charge is 0.496 e. The van der Waals surface area contributed by atoms with E-state index in [1.807, 2.05) is 12.1 Å². The number of ether oxygens (including phenoxy) is 1. The van der Waals surface area contributed by atoms with Gasteiger partial charge in [-0.3, -0.25) is 0 Å². The van der Waals surface area contributed by atoms with Crippen molar-refractivity contribution in [3.63, 3.8) is 0 Å². The van der Waals surface area contributed by atoms with E-state index in [-0.39, 0.29) is 0 Å². The lowest BCUT2D eigenvalue weighted by Gasteiger charge is -2.12. The maximum absolute atomic E-state index is 5.25. The zero-order chi connectivity index (χ0) is 13.2. The predicted molar refractivity (Wildman–Crippen MR) is 83.2 cm³/mol. The van der Waals surface area contributed by atoms with E-state index in [2.05, 4.69) is 32.3 Å². The smallest absolute Gasteiger partial charge is 0.185 e. The fourth-order valence-corrected chi connectivity index (χ4v) is 3.71. The Bertz CT molecular complexity index is 579. The van der Waals surface area contributed by atoms with Crippen LogP contribution in [0.3, 0.4) is 0 Å². The quantitative estimate of drug-likeness (QED) is 0.839. The first-order valence-corrected chi connectivity index (χ1v) is 7.99. The molecule has 1 aliphatic heterocycles. The van der Waals surface area contributed by atoms with Crippen molar-refractivity contribution >= 4 is 32.4 Å². The van der Waals surface area contributed by atoms with Gasteiger partial charge in [0.2, 0.25) is 0 Å². The molecule has 3 rings (SSSR count). The molecule has 2 aromatic rings. The predicted octanol–water partition coefficient (Wildman–Crippen LogP) is 4.18. The molecule has 1 aliphatic rings. The number of benzene rings is 1. The number of hydrogen-bond acceptors (Lipinski definition) is 4. The normalized spacial score (nSPS) is 14.9. The van der Waals surface area contributed by atoms with Gasteiger partial charge in [-0.05, 0) is 47.0 Å². The lowest BCUT2D eigenvalue weighted by Crippen LogP contribution is -2.17. The summed E-state index contributed by atoms with van der Waals surface area (Å²) in [6, 6.07) is 6.07. The first-order chi connectivity index (χ1) is 9.28. The highest BCUT2D eigenvalue weighted by Crippen LogP contribution is 2.33. The van der Waals surface area contributed by atoms with Crippen molar-refractivity contribution in [3.8, 4) is 17.0 Å². The number of aromatic nitrogens is 1. The second-order valence-electron chi connectivity index (χ2n) is 4.56. The van der Waals surface area contributed by atoms with E-state index in [9.17, 15) is 0 Å². The van der Waals surface area contributed by atoms with Crippen molar-refractivity contribution < 1.29 is 4.74 Å². The molecule has 5 heteroatoms. The summed E-state index contributed by atoms with van der Waals surface area (Å²) in [6.45, 7) is 2.28. The Morgan fingerprint density at radius 3 is 2.79 bits per heavy atom. The minimum Gasteiger partial charge on any atom is -0.496 e. The molecule has 0 unspecified atom stereocenters. The molecule has 3 nitrogen and oxygen atoms in total. The Morgan fingerprint density at radius 2 is 2.11 bits per heavy atom. The zero-order valence-corrected chi connectivity index (χ0v) is 13.1. The van der Waals surface area contributed by atoms with Crippen LogP contribution < -0.4 is 9.64 Å². The maximum atomic E-state index is 5.25. The van der Waals surface area contributed by atoms with E-state index in [4.69, 9.17) is 9.72 Å². The first-order valence-electron chi connectivity index (χ1n) is 6.32. The van der Waals surface area contributed by atoms with Gasteiger partial charge in [0.05, 0.1) is 17.3 Å². The standard InChI is InChI=1S/C14H15BrN2OS/c1-18-13-5-4-10(8-11(13)15)12-9-19-14(16-12)17-6-2-3-7-17/h4-5,8-9H,2-3,6-7H2,1H3. The van der Waals surface area contributed by atoms with Gasteiger partial charge in [0.25, 0.3) is 0 Å². The van der Waals surface area contributed by atoms with Gasteiger partial charge in [0.15, 0.2) is 5.13 Å². The van der Waals surface area contributed by atoms with Crippen LogP contribution in [0.4, 0.5) is 5.13 Å². The summed E-state index contributed by atoms with van der Waals surface area (Å²) in [4.78, 5) is 7.11. The van der Waals surface area contributed by atoms with Crippen LogP contribution in [-0.4, -0.2) is 25.2 Å². The van der Waals surface area contributed by atoms with Crippen molar-refractivity contribution in [2.45, 2.75) is 12.8 Å². The Labute approximate surface area is 125 Å². The minimum atomic E-state index is 0.846. The molecule has 1 aromatic heterocycles. The molecule has 0 atom stereocenters. The van der Waals surface area contributed by atoms with Gasteiger partial charge < -0.3 is 9.64 Å². The fourth-order valence-electron chi connectivity index (χ4n) is 2.28. The van der Waals surface area contributed by atoms with Gasteiger partial charge >= 0.3 is 0 Å². The first kappa shape index (κ1) is 12.9. The summed E-state index contributed by atoms with van der Waals surface area (Å²) < 4.78 is 6.21. The Kier molecular flexibility index (Phi) is 3.75. The lowest BCUT2D eigenvalue weighted by molar-refractivity contribution is 0.412. The summed E-state index contributed by atoms with van der Waals surface area (Å²) in [5.41, 5.74) is 2.16. The van der Waals surface area contributed by atoms with Gasteiger partial charge in [0.1, 0.15) is 5.75 Å². The van der Waals surface area contributed by atoms with Crippen LogP contribution in [-0.2, 0) is 0 Å². The number of thiazole rings is 1. The summed E-state index contributed by atoms with van der Waals surface area (Å²) in [6.07, 6.45) is 2.56. The molecule has 1 fully saturated rings. The van der Waals surface area contributed by atoms with Crippen LogP contribution >= 0.6 is 27.3 Å². The average Bonchev–Trinajstić information content (AvgIpc) is 3.09. The molecule has 0 saturated carbocycles. The highest BCUT2D eigenvalue weighted by Gasteiger charge is 2.16. The summed E-state index contributed by atoms with van der Waals surface area (Å²) in [5.74, 6) is 0.846. The van der Waals surface area contributed by atoms with Gasteiger partial charge in [-0.25, -0.2) is 4.98 Å². The Balaban J connectivity index is 1.87. The van der Waals surface area contributed by atoms with Crippen LogP contribution in [0.1, 0.15) is 12.8 Å². The van der Waals surface area contributed by atoms with E-state index in [1.165, 1.54) is 12.8 Å². The van der Waals surface area contributed by atoms with Crippen LogP contribution in [0.5, 0.6) is 5.75 Å². The third-order valence-electron chi connectivity index (χ3n) is 3.32. The molecule has 0 spiro atoms. The molecule has 0 bridgehead atoms. The number of halogens is 1. The third-order valence-corrected chi connectivity index (χ3v) is 4.84. The molecule has 0 radical (unpaired) electrons. The maximum Gasteiger partial charge on any atom is 0.185 e. The van der Waals surface area contributed by atoms with Gasteiger partial charge in [-0.1, -0.05) is 0 Å². The monoisotopic (exact) mass is 338 g/mol. The van der Waals surface area contributed by atoms with E-state index in [1.54, 1.807) is 18.4 Å². The molecule has 0 N–H and O–H groups in total. The SMILES string of the molecule is COc1ccc(-c2csc(N3CCCC3)n2)cc1Br. The van der Waals surface area contributed by atoms with Crippen molar-refractivity contribution in [2.75, 3.05) is 25.1 Å². The summed E-state index contributed by atoms with van der Waals surface area (Å²) in [7, 11) is 1.67. The zero-order valence-electron chi connectivity index (χ0n) is 10.7. The number of nitrogens with zero attached hydrogens (tertiary/aromatic N) is 2. The highest BCUT2D eigenvalue weighted by molar-refractivity contribution is 9.10. The molecule has 100 valence electrons. The van der Waals surface area contributed by atoms with Crippen molar-refractivity contribution in [2.24, 2.45) is 0 Å². The number of methoxy groups -OCH3 is 1. The molecular formula is C14H15BrN2OS. The van der Waals surface area contributed by atoms with E-state index in [0.717, 1.165) is 39.7 Å². The molecule has 1 saturated heterocycles. The molecule has 0 amide bonds. The Hall–Kier alpha value is -1.07. The highest BCUT2D eigenvalue weighted by atomic mass is 79.9. The third kappa shape index (κ3) is 2.62. The van der Waals surface area contributed by atoms with Crippen LogP contribution in [0, 0.1) is 0 Å². The molecule has 19 heavy (non-hydrogen) atoms. The molecule has 1 aromatic carbocycles. The summed E-state index contributed by atoms with van der Waals surface area (Å²) in [5, 5.41) is 3.27.